The highest BCUT2D eigenvalue weighted by atomic mass is 16.4. The molecule has 4 nitrogen and oxygen atoms in total. The van der Waals surface area contributed by atoms with Crippen LogP contribution in [-0.4, -0.2) is 23.0 Å². The van der Waals surface area contributed by atoms with Gasteiger partial charge in [-0.15, -0.1) is 0 Å². The molecule has 0 aromatic heterocycles. The summed E-state index contributed by atoms with van der Waals surface area (Å²) >= 11 is 0. The number of carbonyl (C=O) groups excluding carboxylic acids is 1. The molecule has 7 atom stereocenters. The molecular weight excluding hydrogens is 422 g/mol. The summed E-state index contributed by atoms with van der Waals surface area (Å²) in [7, 11) is 0. The third-order valence-corrected chi connectivity index (χ3v) is 10.5. The summed E-state index contributed by atoms with van der Waals surface area (Å²) in [5, 5.41) is 14.0. The van der Waals surface area contributed by atoms with Gasteiger partial charge < -0.3 is 10.4 Å². The monoisotopic (exact) mass is 461 g/mol. The third-order valence-electron chi connectivity index (χ3n) is 10.5. The van der Waals surface area contributed by atoms with Gasteiger partial charge in [-0.25, -0.2) is 0 Å². The Kier molecular flexibility index (Phi) is 5.03. The van der Waals surface area contributed by atoms with Gasteiger partial charge in [-0.2, -0.15) is 0 Å². The van der Waals surface area contributed by atoms with Crippen molar-refractivity contribution in [2.75, 3.05) is 0 Å². The van der Waals surface area contributed by atoms with Crippen LogP contribution in [0.5, 0.6) is 0 Å². The second-order valence-electron chi connectivity index (χ2n) is 12.9. The van der Waals surface area contributed by atoms with Crippen LogP contribution in [0.1, 0.15) is 77.8 Å². The highest BCUT2D eigenvalue weighted by molar-refractivity contribution is 5.89. The molecule has 4 aliphatic rings. The summed E-state index contributed by atoms with van der Waals surface area (Å²) in [5.74, 6) is 0.242. The average Bonchev–Trinajstić information content (AvgIpc) is 3.08. The zero-order valence-electron chi connectivity index (χ0n) is 21.3. The highest BCUT2D eigenvalue weighted by Gasteiger charge is 2.68. The maximum absolute atomic E-state index is 13.2. The van der Waals surface area contributed by atoms with E-state index in [1.807, 2.05) is 0 Å². The van der Waals surface area contributed by atoms with Crippen LogP contribution in [0.4, 0.5) is 0 Å². The number of hydrogen-bond donors (Lipinski definition) is 2. The molecule has 1 heterocycles. The summed E-state index contributed by atoms with van der Waals surface area (Å²) < 4.78 is 0. The molecule has 0 saturated heterocycles. The first-order valence-corrected chi connectivity index (χ1v) is 12.9. The van der Waals surface area contributed by atoms with Crippen molar-refractivity contribution in [2.45, 2.75) is 83.6 Å². The number of aliphatic carboxylic acids is 1. The lowest BCUT2D eigenvalue weighted by molar-refractivity contribution is -0.153. The van der Waals surface area contributed by atoms with Crippen molar-refractivity contribution < 1.29 is 14.7 Å². The molecule has 0 spiro atoms. The first-order valence-electron chi connectivity index (χ1n) is 12.9. The SMILES string of the molecule is C=C1CC2NC(=O)C=C[C@]2(C)[C@@H]2CC[C@@]3(C)[C@@H](CCC3(C(=O)O)c3ccc(C(C)(C)C)cc3)[C@H]12. The lowest BCUT2D eigenvalue weighted by atomic mass is 9.44. The zero-order chi connectivity index (χ0) is 24.7. The molecule has 3 aliphatic carbocycles. The van der Waals surface area contributed by atoms with Crippen molar-refractivity contribution in [3.8, 4) is 0 Å². The van der Waals surface area contributed by atoms with Crippen molar-refractivity contribution in [2.24, 2.45) is 28.6 Å². The van der Waals surface area contributed by atoms with Gasteiger partial charge >= 0.3 is 5.97 Å². The van der Waals surface area contributed by atoms with E-state index in [0.29, 0.717) is 12.3 Å². The quantitative estimate of drug-likeness (QED) is 0.550. The van der Waals surface area contributed by atoms with Crippen LogP contribution in [0.2, 0.25) is 0 Å². The van der Waals surface area contributed by atoms with Gasteiger partial charge in [0, 0.05) is 11.5 Å². The molecule has 182 valence electrons. The van der Waals surface area contributed by atoms with E-state index in [1.54, 1.807) is 6.08 Å². The Hall–Kier alpha value is -2.36. The van der Waals surface area contributed by atoms with E-state index in [1.165, 1.54) is 11.1 Å². The number of carboxylic acid groups (broad SMARTS) is 1. The molecule has 1 aromatic rings. The van der Waals surface area contributed by atoms with Crippen molar-refractivity contribution in [3.63, 3.8) is 0 Å². The third kappa shape index (κ3) is 2.96. The summed E-state index contributed by atoms with van der Waals surface area (Å²) in [6.07, 6.45) is 8.02. The molecule has 1 aromatic carbocycles. The minimum atomic E-state index is -0.881. The van der Waals surface area contributed by atoms with Gasteiger partial charge in [-0.3, -0.25) is 9.59 Å². The number of hydrogen-bond acceptors (Lipinski definition) is 2. The lowest BCUT2D eigenvalue weighted by Crippen LogP contribution is -2.61. The van der Waals surface area contributed by atoms with Crippen molar-refractivity contribution >= 4 is 11.9 Å². The van der Waals surface area contributed by atoms with Crippen LogP contribution in [0, 0.1) is 28.6 Å². The Balaban J connectivity index is 1.56. The Labute approximate surface area is 203 Å². The number of carbonyl (C=O) groups is 2. The molecule has 0 radical (unpaired) electrons. The van der Waals surface area contributed by atoms with Crippen LogP contribution < -0.4 is 5.32 Å². The Bertz CT molecular complexity index is 1080. The largest absolute Gasteiger partial charge is 0.481 e. The minimum Gasteiger partial charge on any atom is -0.481 e. The fraction of sp³-hybridized carbons (Fsp3) is 0.600. The first kappa shape index (κ1) is 23.4. The van der Waals surface area contributed by atoms with Crippen molar-refractivity contribution in [1.29, 1.82) is 0 Å². The number of benzene rings is 1. The van der Waals surface area contributed by atoms with E-state index in [0.717, 1.165) is 31.2 Å². The van der Waals surface area contributed by atoms with Crippen LogP contribution in [-0.2, 0) is 20.4 Å². The molecular formula is C30H39NO3. The van der Waals surface area contributed by atoms with E-state index >= 15 is 0 Å². The van der Waals surface area contributed by atoms with E-state index < -0.39 is 11.4 Å². The summed E-state index contributed by atoms with van der Waals surface area (Å²) in [5.41, 5.74) is 2.08. The van der Waals surface area contributed by atoms with Gasteiger partial charge in [0.05, 0.1) is 5.41 Å². The highest BCUT2D eigenvalue weighted by Crippen LogP contribution is 2.69. The molecule has 3 saturated carbocycles. The predicted octanol–water partition coefficient (Wildman–Crippen LogP) is 5.77. The first-order chi connectivity index (χ1) is 15.8. The van der Waals surface area contributed by atoms with Gasteiger partial charge in [0.25, 0.3) is 0 Å². The van der Waals surface area contributed by atoms with E-state index in [2.05, 4.69) is 76.9 Å². The molecule has 4 heteroatoms. The summed E-state index contributed by atoms with van der Waals surface area (Å²) in [6, 6.07) is 8.51. The number of rotatable bonds is 2. The smallest absolute Gasteiger partial charge is 0.314 e. The van der Waals surface area contributed by atoms with Crippen molar-refractivity contribution in [1.82, 2.24) is 5.32 Å². The standard InChI is InChI=1S/C30H39NO3/c1-18-17-23-28(5,14-13-24(32)31-23)21-11-15-29(6)22(25(18)21)12-16-30(29,26(33)34)20-9-7-19(8-10-20)27(2,3)4/h7-10,13-14,21-23,25H,1,11-12,15-17H2,2-6H3,(H,31,32)(H,33,34)/t21-,22+,23?,25-,28-,29+,30?/m1/s1. The predicted molar refractivity (Wildman–Crippen MR) is 134 cm³/mol. The van der Waals surface area contributed by atoms with Crippen LogP contribution in [0.25, 0.3) is 0 Å². The number of nitrogens with one attached hydrogen (secondary N) is 1. The lowest BCUT2D eigenvalue weighted by Gasteiger charge is -2.60. The topological polar surface area (TPSA) is 66.4 Å². The van der Waals surface area contributed by atoms with Gasteiger partial charge in [0.15, 0.2) is 0 Å². The zero-order valence-corrected chi connectivity index (χ0v) is 21.3. The molecule has 3 fully saturated rings. The molecule has 1 aliphatic heterocycles. The van der Waals surface area contributed by atoms with E-state index in [-0.39, 0.29) is 40.0 Å². The normalized spacial score (nSPS) is 41.3. The minimum absolute atomic E-state index is 0.0150. The second-order valence-corrected chi connectivity index (χ2v) is 12.9. The molecule has 1 amide bonds. The Morgan fingerprint density at radius 3 is 2.35 bits per heavy atom. The van der Waals surface area contributed by atoms with Gasteiger partial charge in [0.1, 0.15) is 0 Å². The number of amides is 1. The van der Waals surface area contributed by atoms with E-state index in [4.69, 9.17) is 0 Å². The average molecular weight is 462 g/mol. The fourth-order valence-corrected chi connectivity index (χ4v) is 8.45. The van der Waals surface area contributed by atoms with Crippen LogP contribution >= 0.6 is 0 Å². The Morgan fingerprint density at radius 1 is 1.09 bits per heavy atom. The van der Waals surface area contributed by atoms with Crippen LogP contribution in [0.3, 0.4) is 0 Å². The number of fused-ring (bicyclic) bond motifs is 5. The summed E-state index contributed by atoms with van der Waals surface area (Å²) in [4.78, 5) is 25.2. The van der Waals surface area contributed by atoms with E-state index in [9.17, 15) is 14.7 Å². The maximum Gasteiger partial charge on any atom is 0.314 e. The van der Waals surface area contributed by atoms with Gasteiger partial charge in [-0.1, -0.05) is 77.1 Å². The molecule has 0 bridgehead atoms. The molecule has 5 rings (SSSR count). The number of carboxylic acids is 1. The Morgan fingerprint density at radius 2 is 1.74 bits per heavy atom. The van der Waals surface area contributed by atoms with Crippen LogP contribution in [0.15, 0.2) is 48.6 Å². The second kappa shape index (κ2) is 7.32. The fourth-order valence-electron chi connectivity index (χ4n) is 8.45. The van der Waals surface area contributed by atoms with Crippen molar-refractivity contribution in [3.05, 3.63) is 59.7 Å². The molecule has 34 heavy (non-hydrogen) atoms. The molecule has 2 N–H and O–H groups in total. The van der Waals surface area contributed by atoms with Gasteiger partial charge in [-0.05, 0) is 77.9 Å². The molecule has 2 unspecified atom stereocenters. The van der Waals surface area contributed by atoms with Gasteiger partial charge in [0.2, 0.25) is 5.91 Å². The summed E-state index contributed by atoms with van der Waals surface area (Å²) in [6.45, 7) is 15.6. The maximum atomic E-state index is 13.2.